The Morgan fingerprint density at radius 1 is 1.24 bits per heavy atom. The van der Waals surface area contributed by atoms with Crippen LogP contribution >= 0.6 is 11.8 Å². The van der Waals surface area contributed by atoms with Crippen LogP contribution in [-0.4, -0.2) is 25.5 Å². The first-order chi connectivity index (χ1) is 9.99. The summed E-state index contributed by atoms with van der Waals surface area (Å²) in [6.07, 6.45) is 5.60. The van der Waals surface area contributed by atoms with Gasteiger partial charge in [-0.1, -0.05) is 32.5 Å². The fourth-order valence-corrected chi connectivity index (χ4v) is 4.48. The summed E-state index contributed by atoms with van der Waals surface area (Å²) in [6.45, 7) is 6.92. The number of rotatable bonds is 3. The Labute approximate surface area is 130 Å². The van der Waals surface area contributed by atoms with Crippen LogP contribution in [0.25, 0.3) is 0 Å². The van der Waals surface area contributed by atoms with Crippen molar-refractivity contribution >= 4 is 11.8 Å². The van der Waals surface area contributed by atoms with Gasteiger partial charge in [-0.3, -0.25) is 0 Å². The fourth-order valence-electron chi connectivity index (χ4n) is 3.14. The van der Waals surface area contributed by atoms with Crippen LogP contribution in [0.15, 0.2) is 5.16 Å². The summed E-state index contributed by atoms with van der Waals surface area (Å²) in [4.78, 5) is 0. The molecule has 0 N–H and O–H groups in total. The zero-order valence-corrected chi connectivity index (χ0v) is 13.8. The van der Waals surface area contributed by atoms with Gasteiger partial charge in [0.1, 0.15) is 0 Å². The van der Waals surface area contributed by atoms with Crippen LogP contribution in [0.5, 0.6) is 0 Å². The Hall–Kier alpha value is -1.09. The highest BCUT2D eigenvalue weighted by Crippen LogP contribution is 2.46. The Kier molecular flexibility index (Phi) is 3.96. The van der Waals surface area contributed by atoms with E-state index in [1.807, 2.05) is 4.68 Å². The number of nitriles is 1. The number of hydrogen-bond donors (Lipinski definition) is 0. The lowest BCUT2D eigenvalue weighted by Crippen LogP contribution is -2.33. The Balaban J connectivity index is 1.74. The largest absolute Gasteiger partial charge is 0.217 e. The molecule has 0 radical (unpaired) electrons. The van der Waals surface area contributed by atoms with Gasteiger partial charge >= 0.3 is 0 Å². The van der Waals surface area contributed by atoms with E-state index in [0.717, 1.165) is 24.4 Å². The van der Waals surface area contributed by atoms with Crippen LogP contribution in [-0.2, 0) is 0 Å². The highest BCUT2D eigenvalue weighted by molar-refractivity contribution is 7.99. The van der Waals surface area contributed by atoms with E-state index in [0.29, 0.717) is 22.6 Å². The molecule has 5 nitrogen and oxygen atoms in total. The second-order valence-corrected chi connectivity index (χ2v) is 8.61. The predicted molar refractivity (Wildman–Crippen MR) is 81.6 cm³/mol. The van der Waals surface area contributed by atoms with Crippen molar-refractivity contribution in [3.63, 3.8) is 0 Å². The quantitative estimate of drug-likeness (QED) is 0.855. The van der Waals surface area contributed by atoms with Gasteiger partial charge in [-0.25, -0.2) is 4.68 Å². The second kappa shape index (κ2) is 5.60. The van der Waals surface area contributed by atoms with Crippen LogP contribution in [0.3, 0.4) is 0 Å². The number of nitrogens with zero attached hydrogens (tertiary/aromatic N) is 5. The topological polar surface area (TPSA) is 67.4 Å². The molecule has 0 bridgehead atoms. The van der Waals surface area contributed by atoms with Crippen molar-refractivity contribution in [2.24, 2.45) is 17.3 Å². The zero-order chi connectivity index (χ0) is 15.0. The highest BCUT2D eigenvalue weighted by Gasteiger charge is 2.38. The molecule has 2 fully saturated rings. The van der Waals surface area contributed by atoms with Gasteiger partial charge in [0.2, 0.25) is 5.16 Å². The first kappa shape index (κ1) is 14.8. The number of tetrazole rings is 1. The SMILES string of the molecule is CC(C)(C)C1CCC(C#N)C(Sc2nnnn2C2CC2)C1. The molecule has 21 heavy (non-hydrogen) atoms. The van der Waals surface area contributed by atoms with Crippen molar-refractivity contribution in [2.45, 2.75) is 69.3 Å². The van der Waals surface area contributed by atoms with Crippen LogP contribution in [0.1, 0.15) is 58.9 Å². The maximum absolute atomic E-state index is 9.45. The maximum atomic E-state index is 9.45. The van der Waals surface area contributed by atoms with E-state index in [-0.39, 0.29) is 5.92 Å². The molecule has 6 heteroatoms. The van der Waals surface area contributed by atoms with Gasteiger partial charge < -0.3 is 0 Å². The van der Waals surface area contributed by atoms with E-state index in [9.17, 15) is 5.26 Å². The van der Waals surface area contributed by atoms with Crippen molar-refractivity contribution in [2.75, 3.05) is 0 Å². The van der Waals surface area contributed by atoms with Gasteiger partial charge in [0.05, 0.1) is 18.0 Å². The van der Waals surface area contributed by atoms with Crippen molar-refractivity contribution in [3.8, 4) is 6.07 Å². The summed E-state index contributed by atoms with van der Waals surface area (Å²) in [5.41, 5.74) is 0.307. The molecular weight excluding hydrogens is 282 g/mol. The van der Waals surface area contributed by atoms with Gasteiger partial charge in [0.25, 0.3) is 0 Å². The minimum atomic E-state index is 0.123. The summed E-state index contributed by atoms with van der Waals surface area (Å²) in [7, 11) is 0. The third-order valence-electron chi connectivity index (χ3n) is 4.79. The molecule has 1 heterocycles. The smallest absolute Gasteiger partial charge is 0.209 e. The molecule has 114 valence electrons. The summed E-state index contributed by atoms with van der Waals surface area (Å²) >= 11 is 1.72. The van der Waals surface area contributed by atoms with Gasteiger partial charge in [-0.2, -0.15) is 5.26 Å². The number of hydrogen-bond acceptors (Lipinski definition) is 5. The van der Waals surface area contributed by atoms with Crippen molar-refractivity contribution in [1.29, 1.82) is 5.26 Å². The zero-order valence-electron chi connectivity index (χ0n) is 13.0. The van der Waals surface area contributed by atoms with Crippen LogP contribution in [0.4, 0.5) is 0 Å². The molecule has 1 aromatic rings. The molecular formula is C15H23N5S. The molecule has 0 amide bonds. The normalized spacial score (nSPS) is 30.1. The lowest BCUT2D eigenvalue weighted by molar-refractivity contribution is 0.169. The molecule has 1 aromatic heterocycles. The van der Waals surface area contributed by atoms with Crippen LogP contribution < -0.4 is 0 Å². The third-order valence-corrected chi connectivity index (χ3v) is 6.10. The van der Waals surface area contributed by atoms with E-state index in [1.165, 1.54) is 12.8 Å². The van der Waals surface area contributed by atoms with E-state index >= 15 is 0 Å². The first-order valence-corrected chi connectivity index (χ1v) is 8.71. The summed E-state index contributed by atoms with van der Waals surface area (Å²) in [5.74, 6) is 0.794. The van der Waals surface area contributed by atoms with Crippen molar-refractivity contribution in [3.05, 3.63) is 0 Å². The van der Waals surface area contributed by atoms with E-state index in [1.54, 1.807) is 11.8 Å². The molecule has 0 aromatic carbocycles. The summed E-state index contributed by atoms with van der Waals surface area (Å²) in [6, 6.07) is 2.99. The van der Waals surface area contributed by atoms with E-state index in [2.05, 4.69) is 42.4 Å². The minimum absolute atomic E-state index is 0.123. The number of aromatic nitrogens is 4. The predicted octanol–water partition coefficient (Wildman–Crippen LogP) is 3.45. The van der Waals surface area contributed by atoms with Crippen LogP contribution in [0.2, 0.25) is 0 Å². The first-order valence-electron chi connectivity index (χ1n) is 7.83. The molecule has 2 saturated carbocycles. The Morgan fingerprint density at radius 2 is 2.00 bits per heavy atom. The molecule has 0 spiro atoms. The summed E-state index contributed by atoms with van der Waals surface area (Å²) < 4.78 is 1.96. The molecule has 0 saturated heterocycles. The van der Waals surface area contributed by atoms with Crippen LogP contribution in [0, 0.1) is 28.6 Å². The second-order valence-electron chi connectivity index (χ2n) is 7.41. The highest BCUT2D eigenvalue weighted by atomic mass is 32.2. The van der Waals surface area contributed by atoms with Gasteiger partial charge in [0, 0.05) is 5.25 Å². The van der Waals surface area contributed by atoms with Gasteiger partial charge in [-0.05, 0) is 53.9 Å². The van der Waals surface area contributed by atoms with Gasteiger partial charge in [0.15, 0.2) is 0 Å². The summed E-state index contributed by atoms with van der Waals surface area (Å²) in [5, 5.41) is 22.8. The molecule has 2 aliphatic rings. The Morgan fingerprint density at radius 3 is 2.62 bits per heavy atom. The molecule has 3 rings (SSSR count). The lowest BCUT2D eigenvalue weighted by Gasteiger charge is -2.39. The monoisotopic (exact) mass is 305 g/mol. The standard InChI is InChI=1S/C15H23N5S/c1-15(2,3)11-5-4-10(9-16)13(8-11)21-14-17-18-19-20(14)12-6-7-12/h10-13H,4-8H2,1-3H3. The number of thioether (sulfide) groups is 1. The molecule has 0 aliphatic heterocycles. The lowest BCUT2D eigenvalue weighted by atomic mass is 9.70. The molecule has 3 atom stereocenters. The Bertz CT molecular complexity index is 537. The van der Waals surface area contributed by atoms with Crippen molar-refractivity contribution < 1.29 is 0 Å². The maximum Gasteiger partial charge on any atom is 0.209 e. The van der Waals surface area contributed by atoms with Crippen molar-refractivity contribution in [1.82, 2.24) is 20.2 Å². The van der Waals surface area contributed by atoms with E-state index < -0.39 is 0 Å². The average Bonchev–Trinajstić information content (AvgIpc) is 3.18. The fraction of sp³-hybridized carbons (Fsp3) is 0.867. The van der Waals surface area contributed by atoms with E-state index in [4.69, 9.17) is 0 Å². The third kappa shape index (κ3) is 3.23. The molecule has 2 aliphatic carbocycles. The molecule has 3 unspecified atom stereocenters. The van der Waals surface area contributed by atoms with Gasteiger partial charge in [-0.15, -0.1) is 5.10 Å². The average molecular weight is 305 g/mol. The minimum Gasteiger partial charge on any atom is -0.217 e.